The number of carbonyl (C=O) groups is 1. The molecule has 0 saturated carbocycles. The lowest BCUT2D eigenvalue weighted by Gasteiger charge is -2.13. The Morgan fingerprint density at radius 2 is 1.73 bits per heavy atom. The second-order valence-electron chi connectivity index (χ2n) is 7.25. The van der Waals surface area contributed by atoms with Crippen LogP contribution in [0.25, 0.3) is 16.8 Å². The molecule has 2 N–H and O–H groups in total. The molecule has 0 fully saturated rings. The molecular weight excluding hydrogens is 480 g/mol. The van der Waals surface area contributed by atoms with Crippen LogP contribution in [0.5, 0.6) is 11.5 Å². The second kappa shape index (κ2) is 10.0. The number of hydrogen-bond acceptors (Lipinski definition) is 4. The maximum Gasteiger partial charge on any atom is 0.266 e. The molecule has 0 unspecified atom stereocenters. The maximum atomic E-state index is 12.8. The first-order valence-electron chi connectivity index (χ1n) is 10.2. The van der Waals surface area contributed by atoms with Crippen LogP contribution in [0.1, 0.15) is 11.1 Å². The summed E-state index contributed by atoms with van der Waals surface area (Å²) in [4.78, 5) is 12.8. The van der Waals surface area contributed by atoms with Crippen LogP contribution in [0.15, 0.2) is 95.0 Å². The number of hydrogen-bond donors (Lipinski definition) is 2. The SMILES string of the molecule is N#C/C(=C\c1c(OCc2ccccc2Br)ccc2ccccc12)C(=O)Nc1ccc(O)cc1. The van der Waals surface area contributed by atoms with E-state index < -0.39 is 5.91 Å². The van der Waals surface area contributed by atoms with Crippen molar-refractivity contribution in [2.24, 2.45) is 0 Å². The molecule has 162 valence electrons. The zero-order chi connectivity index (χ0) is 23.2. The number of nitrogens with zero attached hydrogens (tertiary/aromatic N) is 1. The minimum atomic E-state index is -0.548. The monoisotopic (exact) mass is 498 g/mol. The van der Waals surface area contributed by atoms with E-state index in [-0.39, 0.29) is 11.3 Å². The van der Waals surface area contributed by atoms with Crippen molar-refractivity contribution in [3.63, 3.8) is 0 Å². The molecule has 5 nitrogen and oxygen atoms in total. The van der Waals surface area contributed by atoms with Crippen molar-refractivity contribution >= 4 is 44.4 Å². The Labute approximate surface area is 199 Å². The molecule has 1 amide bonds. The van der Waals surface area contributed by atoms with Gasteiger partial charge in [0.15, 0.2) is 0 Å². The number of anilines is 1. The van der Waals surface area contributed by atoms with E-state index in [1.165, 1.54) is 12.1 Å². The van der Waals surface area contributed by atoms with Crippen molar-refractivity contribution < 1.29 is 14.6 Å². The average Bonchev–Trinajstić information content (AvgIpc) is 2.83. The van der Waals surface area contributed by atoms with E-state index in [1.807, 2.05) is 66.7 Å². The Kier molecular flexibility index (Phi) is 6.72. The van der Waals surface area contributed by atoms with Gasteiger partial charge in [0.2, 0.25) is 0 Å². The van der Waals surface area contributed by atoms with Gasteiger partial charge in [0, 0.05) is 21.3 Å². The van der Waals surface area contributed by atoms with Gasteiger partial charge in [-0.2, -0.15) is 5.26 Å². The molecule has 0 aliphatic rings. The van der Waals surface area contributed by atoms with E-state index >= 15 is 0 Å². The highest BCUT2D eigenvalue weighted by molar-refractivity contribution is 9.10. The zero-order valence-corrected chi connectivity index (χ0v) is 19.0. The molecule has 6 heteroatoms. The molecule has 0 aliphatic carbocycles. The van der Waals surface area contributed by atoms with E-state index in [1.54, 1.807) is 18.2 Å². The highest BCUT2D eigenvalue weighted by Gasteiger charge is 2.14. The van der Waals surface area contributed by atoms with Gasteiger partial charge in [-0.25, -0.2) is 0 Å². The fourth-order valence-electron chi connectivity index (χ4n) is 3.36. The number of amides is 1. The van der Waals surface area contributed by atoms with Crippen LogP contribution < -0.4 is 10.1 Å². The third kappa shape index (κ3) is 5.22. The molecule has 0 saturated heterocycles. The van der Waals surface area contributed by atoms with Gasteiger partial charge in [0.1, 0.15) is 29.7 Å². The minimum absolute atomic E-state index is 0.0647. The smallest absolute Gasteiger partial charge is 0.266 e. The van der Waals surface area contributed by atoms with Gasteiger partial charge < -0.3 is 15.2 Å². The predicted molar refractivity (Wildman–Crippen MR) is 133 cm³/mol. The third-order valence-electron chi connectivity index (χ3n) is 5.05. The van der Waals surface area contributed by atoms with E-state index in [9.17, 15) is 15.2 Å². The number of benzene rings is 4. The van der Waals surface area contributed by atoms with Gasteiger partial charge in [0.05, 0.1) is 0 Å². The molecular formula is C27H19BrN2O3. The number of rotatable bonds is 6. The maximum absolute atomic E-state index is 12.8. The molecule has 4 aromatic carbocycles. The van der Waals surface area contributed by atoms with Gasteiger partial charge in [-0.3, -0.25) is 4.79 Å². The molecule has 4 aromatic rings. The summed E-state index contributed by atoms with van der Waals surface area (Å²) in [7, 11) is 0. The van der Waals surface area contributed by atoms with Crippen molar-refractivity contribution in [2.75, 3.05) is 5.32 Å². The number of ether oxygens (including phenoxy) is 1. The molecule has 0 aliphatic heterocycles. The number of phenols is 1. The first-order chi connectivity index (χ1) is 16.0. The first-order valence-corrected chi connectivity index (χ1v) is 10.9. The summed E-state index contributed by atoms with van der Waals surface area (Å²) in [5, 5.41) is 23.7. The molecule has 0 aromatic heterocycles. The first kappa shape index (κ1) is 22.1. The molecule has 0 bridgehead atoms. The number of fused-ring (bicyclic) bond motifs is 1. The largest absolute Gasteiger partial charge is 0.508 e. The Bertz CT molecular complexity index is 1390. The fourth-order valence-corrected chi connectivity index (χ4v) is 3.76. The molecule has 0 radical (unpaired) electrons. The number of phenolic OH excluding ortho intramolecular Hbond substituents is 1. The zero-order valence-electron chi connectivity index (χ0n) is 17.5. The Balaban J connectivity index is 1.70. The van der Waals surface area contributed by atoms with Crippen LogP contribution in [0, 0.1) is 11.3 Å². The van der Waals surface area contributed by atoms with Crippen LogP contribution in [0.4, 0.5) is 5.69 Å². The normalized spacial score (nSPS) is 11.1. The number of aromatic hydroxyl groups is 1. The summed E-state index contributed by atoms with van der Waals surface area (Å²) in [6, 6.07) is 27.3. The van der Waals surface area contributed by atoms with Crippen LogP contribution in [-0.2, 0) is 11.4 Å². The molecule has 0 heterocycles. The lowest BCUT2D eigenvalue weighted by atomic mass is 10.0. The summed E-state index contributed by atoms with van der Waals surface area (Å²) in [6.07, 6.45) is 1.55. The van der Waals surface area contributed by atoms with E-state index in [2.05, 4.69) is 21.2 Å². The van der Waals surface area contributed by atoms with E-state index in [0.717, 1.165) is 20.8 Å². The van der Waals surface area contributed by atoms with Crippen molar-refractivity contribution in [3.05, 3.63) is 106 Å². The number of carbonyl (C=O) groups excluding carboxylic acids is 1. The van der Waals surface area contributed by atoms with Crippen molar-refractivity contribution in [1.29, 1.82) is 5.26 Å². The van der Waals surface area contributed by atoms with Gasteiger partial charge in [-0.1, -0.05) is 64.5 Å². The van der Waals surface area contributed by atoms with Crippen LogP contribution in [0.3, 0.4) is 0 Å². The van der Waals surface area contributed by atoms with E-state index in [4.69, 9.17) is 4.74 Å². The van der Waals surface area contributed by atoms with Gasteiger partial charge in [-0.15, -0.1) is 0 Å². The Morgan fingerprint density at radius 3 is 2.48 bits per heavy atom. The number of nitrogens with one attached hydrogen (secondary N) is 1. The van der Waals surface area contributed by atoms with Gasteiger partial charge in [-0.05, 0) is 53.2 Å². The standard InChI is InChI=1S/C27H19BrN2O3/c28-25-8-4-2-6-19(25)17-33-26-14-9-18-5-1-3-7-23(18)24(26)15-20(16-29)27(32)30-21-10-12-22(31)13-11-21/h1-15,31H,17H2,(H,30,32)/b20-15+. The third-order valence-corrected chi connectivity index (χ3v) is 5.82. The summed E-state index contributed by atoms with van der Waals surface area (Å²) in [5.74, 6) is 0.106. The predicted octanol–water partition coefficient (Wildman–Crippen LogP) is 6.43. The average molecular weight is 499 g/mol. The molecule has 0 spiro atoms. The van der Waals surface area contributed by atoms with Crippen molar-refractivity contribution in [1.82, 2.24) is 0 Å². The highest BCUT2D eigenvalue weighted by Crippen LogP contribution is 2.31. The van der Waals surface area contributed by atoms with Gasteiger partial charge in [0.25, 0.3) is 5.91 Å². The number of halogens is 1. The summed E-state index contributed by atoms with van der Waals surface area (Å²) < 4.78 is 7.06. The van der Waals surface area contributed by atoms with Crippen LogP contribution in [-0.4, -0.2) is 11.0 Å². The fraction of sp³-hybridized carbons (Fsp3) is 0.0370. The van der Waals surface area contributed by atoms with Crippen molar-refractivity contribution in [2.45, 2.75) is 6.61 Å². The molecule has 0 atom stereocenters. The lowest BCUT2D eigenvalue weighted by molar-refractivity contribution is -0.112. The summed E-state index contributed by atoms with van der Waals surface area (Å²) in [5.41, 5.74) is 2.04. The second-order valence-corrected chi connectivity index (χ2v) is 8.10. The topological polar surface area (TPSA) is 82.3 Å². The quantitative estimate of drug-likeness (QED) is 0.182. The number of nitriles is 1. The molecule has 4 rings (SSSR count). The lowest BCUT2D eigenvalue weighted by Crippen LogP contribution is -2.13. The Hall–Kier alpha value is -4.08. The van der Waals surface area contributed by atoms with Crippen molar-refractivity contribution in [3.8, 4) is 17.6 Å². The van der Waals surface area contributed by atoms with E-state index in [0.29, 0.717) is 23.6 Å². The highest BCUT2D eigenvalue weighted by atomic mass is 79.9. The van der Waals surface area contributed by atoms with Gasteiger partial charge >= 0.3 is 0 Å². The summed E-state index contributed by atoms with van der Waals surface area (Å²) >= 11 is 3.53. The Morgan fingerprint density at radius 1 is 1.00 bits per heavy atom. The van der Waals surface area contributed by atoms with Crippen LogP contribution >= 0.6 is 15.9 Å². The summed E-state index contributed by atoms with van der Waals surface area (Å²) in [6.45, 7) is 0.322. The molecule has 33 heavy (non-hydrogen) atoms. The minimum Gasteiger partial charge on any atom is -0.508 e. The van der Waals surface area contributed by atoms with Crippen LogP contribution in [0.2, 0.25) is 0 Å².